The molecule has 0 heterocycles. The molecule has 0 unspecified atom stereocenters. The monoisotopic (exact) mass is 596 g/mol. The van der Waals surface area contributed by atoms with E-state index in [9.17, 15) is 18.0 Å². The fourth-order valence-electron chi connectivity index (χ4n) is 4.03. The van der Waals surface area contributed by atoms with Crippen LogP contribution in [0, 0.1) is 11.8 Å². The van der Waals surface area contributed by atoms with Gasteiger partial charge in [-0.1, -0.05) is 29.8 Å². The van der Waals surface area contributed by atoms with Crippen LogP contribution in [0.5, 0.6) is 0 Å². The van der Waals surface area contributed by atoms with Crippen LogP contribution in [-0.2, 0) is 24.4 Å². The first-order valence-electron chi connectivity index (χ1n) is 11.8. The molecule has 0 spiro atoms. The Morgan fingerprint density at radius 3 is 2.08 bits per heavy atom. The molecule has 0 bridgehead atoms. The van der Waals surface area contributed by atoms with Crippen molar-refractivity contribution in [2.24, 2.45) is 11.8 Å². The number of carbonyl (C=O) groups excluding carboxylic acids is 2. The SMILES string of the molecule is O.O=C(COCC1CCC(COC(=O)N(c2ccccc2)c2ccc(Cl)cc2)CC1)NCCS(=O)(=O)O.[KH]. The van der Waals surface area contributed by atoms with Gasteiger partial charge in [-0.25, -0.2) is 9.69 Å². The molecule has 10 nitrogen and oxygen atoms in total. The number of carbonyl (C=O) groups is 2. The van der Waals surface area contributed by atoms with E-state index < -0.39 is 27.9 Å². The van der Waals surface area contributed by atoms with Crippen molar-refractivity contribution in [3.8, 4) is 0 Å². The van der Waals surface area contributed by atoms with Gasteiger partial charge >= 0.3 is 57.5 Å². The van der Waals surface area contributed by atoms with Gasteiger partial charge in [0.15, 0.2) is 0 Å². The van der Waals surface area contributed by atoms with Crippen molar-refractivity contribution in [1.82, 2.24) is 5.32 Å². The van der Waals surface area contributed by atoms with Crippen LogP contribution in [0.3, 0.4) is 0 Å². The third-order valence-electron chi connectivity index (χ3n) is 5.96. The summed E-state index contributed by atoms with van der Waals surface area (Å²) in [5.74, 6) is -0.409. The maximum absolute atomic E-state index is 13.0. The number of nitrogens with one attached hydrogen (secondary N) is 1. The molecule has 206 valence electrons. The van der Waals surface area contributed by atoms with Crippen LogP contribution in [0.25, 0.3) is 0 Å². The molecular formula is C25H34ClKN2O8S. The van der Waals surface area contributed by atoms with Crippen LogP contribution in [0.2, 0.25) is 5.02 Å². The maximum atomic E-state index is 13.0. The third kappa shape index (κ3) is 12.4. The first-order valence-corrected chi connectivity index (χ1v) is 13.8. The summed E-state index contributed by atoms with van der Waals surface area (Å²) < 4.78 is 41.1. The molecule has 13 heteroatoms. The van der Waals surface area contributed by atoms with Gasteiger partial charge in [-0.15, -0.1) is 0 Å². The molecule has 0 aromatic heterocycles. The van der Waals surface area contributed by atoms with Crippen LogP contribution < -0.4 is 10.2 Å². The van der Waals surface area contributed by atoms with Crippen LogP contribution in [0.1, 0.15) is 25.7 Å². The summed E-state index contributed by atoms with van der Waals surface area (Å²) in [4.78, 5) is 26.2. The Labute approximate surface area is 270 Å². The zero-order valence-corrected chi connectivity index (χ0v) is 21.9. The summed E-state index contributed by atoms with van der Waals surface area (Å²) in [5, 5.41) is 2.97. The predicted molar refractivity (Wildman–Crippen MR) is 148 cm³/mol. The molecule has 38 heavy (non-hydrogen) atoms. The van der Waals surface area contributed by atoms with Crippen molar-refractivity contribution in [1.29, 1.82) is 0 Å². The number of anilines is 2. The third-order valence-corrected chi connectivity index (χ3v) is 6.93. The van der Waals surface area contributed by atoms with Crippen LogP contribution >= 0.6 is 11.6 Å². The van der Waals surface area contributed by atoms with Gasteiger partial charge in [0, 0.05) is 11.6 Å². The number of halogens is 1. The standard InChI is InChI=1S/C25H31ClN2O7S.K.H2O.H/c26-21-10-12-23(13-11-21)28(22-4-2-1-3-5-22)25(30)35-17-20-8-6-19(7-9-20)16-34-18-24(29)27-14-15-36(31,32)33;;;/h1-5,10-13,19-20H,6-9,14-18H2,(H,27,29)(H,31,32,33);;1H2;. The summed E-state index contributed by atoms with van der Waals surface area (Å²) in [6.45, 7) is 0.420. The number of nitrogens with zero attached hydrogens (tertiary/aromatic N) is 1. The number of para-hydroxylation sites is 1. The Balaban J connectivity index is 0.00000361. The van der Waals surface area contributed by atoms with E-state index in [1.165, 1.54) is 4.90 Å². The minimum atomic E-state index is -4.10. The van der Waals surface area contributed by atoms with Crippen molar-refractivity contribution >= 4 is 96.5 Å². The van der Waals surface area contributed by atoms with Gasteiger partial charge in [0.25, 0.3) is 10.1 Å². The second-order valence-electron chi connectivity index (χ2n) is 8.76. The minimum absolute atomic E-state index is 0. The molecule has 1 saturated carbocycles. The van der Waals surface area contributed by atoms with E-state index in [1.807, 2.05) is 30.3 Å². The molecule has 0 saturated heterocycles. The fourth-order valence-corrected chi connectivity index (χ4v) is 4.52. The predicted octanol–water partition coefficient (Wildman–Crippen LogP) is 2.97. The summed E-state index contributed by atoms with van der Waals surface area (Å²) >= 11 is 6.01. The molecule has 1 aliphatic carbocycles. The summed E-state index contributed by atoms with van der Waals surface area (Å²) in [7, 11) is -4.10. The van der Waals surface area contributed by atoms with Crippen LogP contribution in [0.4, 0.5) is 16.2 Å². The quantitative estimate of drug-likeness (QED) is 0.298. The van der Waals surface area contributed by atoms with Crippen LogP contribution in [0.15, 0.2) is 54.6 Å². The zero-order valence-electron chi connectivity index (χ0n) is 20.3. The summed E-state index contributed by atoms with van der Waals surface area (Å²) in [6.07, 6.45) is 3.11. The zero-order chi connectivity index (χ0) is 26.0. The van der Waals surface area contributed by atoms with E-state index in [4.69, 9.17) is 25.6 Å². The van der Waals surface area contributed by atoms with E-state index in [0.717, 1.165) is 25.7 Å². The van der Waals surface area contributed by atoms with Crippen molar-refractivity contribution < 1.29 is 37.5 Å². The molecular weight excluding hydrogens is 563 g/mol. The van der Waals surface area contributed by atoms with Gasteiger partial charge in [0.1, 0.15) is 6.61 Å². The van der Waals surface area contributed by atoms with Crippen molar-refractivity contribution in [2.75, 3.05) is 37.0 Å². The number of ether oxygens (including phenoxy) is 2. The molecule has 4 N–H and O–H groups in total. The van der Waals surface area contributed by atoms with Gasteiger partial charge < -0.3 is 20.3 Å². The number of benzene rings is 2. The second kappa shape index (κ2) is 17.6. The van der Waals surface area contributed by atoms with Gasteiger partial charge in [-0.3, -0.25) is 9.35 Å². The Kier molecular flexibility index (Phi) is 16.2. The van der Waals surface area contributed by atoms with Crippen molar-refractivity contribution in [3.63, 3.8) is 0 Å². The van der Waals surface area contributed by atoms with E-state index in [-0.39, 0.29) is 75.9 Å². The normalized spacial score (nSPS) is 16.9. The molecule has 0 atom stereocenters. The Bertz CT molecular complexity index is 1100. The van der Waals surface area contributed by atoms with Gasteiger partial charge in [0.05, 0.1) is 30.3 Å². The molecule has 0 aliphatic heterocycles. The fraction of sp³-hybridized carbons (Fsp3) is 0.440. The first kappa shape index (κ1) is 35.0. The first-order chi connectivity index (χ1) is 17.2. The van der Waals surface area contributed by atoms with Crippen LogP contribution in [-0.4, -0.2) is 114 Å². The Hall–Kier alpha value is -1.06. The van der Waals surface area contributed by atoms with Gasteiger partial charge in [-0.2, -0.15) is 8.42 Å². The molecule has 1 fully saturated rings. The van der Waals surface area contributed by atoms with Crippen molar-refractivity contribution in [2.45, 2.75) is 25.7 Å². The Morgan fingerprint density at radius 2 is 1.50 bits per heavy atom. The van der Waals surface area contributed by atoms with Gasteiger partial charge in [-0.05, 0) is 73.9 Å². The van der Waals surface area contributed by atoms with E-state index in [1.54, 1.807) is 24.3 Å². The average molecular weight is 597 g/mol. The van der Waals surface area contributed by atoms with Gasteiger partial charge in [0.2, 0.25) is 5.91 Å². The summed E-state index contributed by atoms with van der Waals surface area (Å²) in [5.41, 5.74) is 1.37. The second-order valence-corrected chi connectivity index (χ2v) is 10.8. The molecule has 1 aliphatic rings. The van der Waals surface area contributed by atoms with E-state index in [0.29, 0.717) is 35.5 Å². The molecule has 2 aromatic rings. The Morgan fingerprint density at radius 1 is 0.947 bits per heavy atom. The average Bonchev–Trinajstić information content (AvgIpc) is 2.85. The van der Waals surface area contributed by atoms with Crippen molar-refractivity contribution in [3.05, 3.63) is 59.6 Å². The molecule has 0 radical (unpaired) electrons. The number of amides is 2. The van der Waals surface area contributed by atoms with E-state index >= 15 is 0 Å². The molecule has 3 rings (SSSR count). The number of hydrogen-bond donors (Lipinski definition) is 2. The number of hydrogen-bond acceptors (Lipinski definition) is 6. The number of rotatable bonds is 11. The molecule has 2 amide bonds. The summed E-state index contributed by atoms with van der Waals surface area (Å²) in [6, 6.07) is 16.3. The van der Waals surface area contributed by atoms with E-state index in [2.05, 4.69) is 5.32 Å². The molecule has 2 aromatic carbocycles. The topological polar surface area (TPSA) is 154 Å².